The minimum absolute atomic E-state index is 0.0633. The molecule has 0 aliphatic heterocycles. The lowest BCUT2D eigenvalue weighted by atomic mass is 10.0. The van der Waals surface area contributed by atoms with Crippen molar-refractivity contribution in [2.75, 3.05) is 6.54 Å². The molecule has 0 spiro atoms. The normalized spacial score (nSPS) is 13.7. The molecule has 0 saturated heterocycles. The zero-order valence-electron chi connectivity index (χ0n) is 13.4. The van der Waals surface area contributed by atoms with Crippen molar-refractivity contribution in [1.29, 1.82) is 0 Å². The third-order valence-corrected chi connectivity index (χ3v) is 4.02. The van der Waals surface area contributed by atoms with Gasteiger partial charge in [-0.25, -0.2) is 0 Å². The molecule has 0 heterocycles. The molecule has 0 amide bonds. The standard InChI is InChI=1S/C16H36NO2/c1-4-6-8-9-10-11-12-13-14-16(3)17(18,19)15-7-5-2/h16,18-19H,4-15H2,1-3H3/q+1. The summed E-state index contributed by atoms with van der Waals surface area (Å²) in [7, 11) is 0. The molecule has 0 saturated carbocycles. The van der Waals surface area contributed by atoms with Crippen molar-refractivity contribution in [2.45, 2.75) is 97.4 Å². The van der Waals surface area contributed by atoms with Crippen molar-refractivity contribution in [2.24, 2.45) is 0 Å². The van der Waals surface area contributed by atoms with Crippen LogP contribution in [-0.2, 0) is 0 Å². The summed E-state index contributed by atoms with van der Waals surface area (Å²) in [6, 6.07) is -0.0633. The molecule has 0 radical (unpaired) electrons. The summed E-state index contributed by atoms with van der Waals surface area (Å²) >= 11 is 0. The summed E-state index contributed by atoms with van der Waals surface area (Å²) in [6.07, 6.45) is 13.2. The van der Waals surface area contributed by atoms with Crippen LogP contribution in [0, 0.1) is 0 Å². The van der Waals surface area contributed by atoms with Gasteiger partial charge in [-0.2, -0.15) is 10.4 Å². The van der Waals surface area contributed by atoms with E-state index in [0.29, 0.717) is 6.54 Å². The molecule has 0 aliphatic carbocycles. The van der Waals surface area contributed by atoms with E-state index in [0.717, 1.165) is 25.7 Å². The third kappa shape index (κ3) is 10.3. The molecule has 0 bridgehead atoms. The summed E-state index contributed by atoms with van der Waals surface area (Å²) in [5, 5.41) is 19.8. The fourth-order valence-corrected chi connectivity index (χ4v) is 2.39. The molecule has 19 heavy (non-hydrogen) atoms. The SMILES string of the molecule is CCCCCCCCCCC(C)[N+](O)(O)CCCC. The second-order valence-corrected chi connectivity index (χ2v) is 5.98. The van der Waals surface area contributed by atoms with Crippen molar-refractivity contribution >= 4 is 0 Å². The Morgan fingerprint density at radius 1 is 0.737 bits per heavy atom. The van der Waals surface area contributed by atoms with Gasteiger partial charge in [0.2, 0.25) is 0 Å². The van der Waals surface area contributed by atoms with E-state index in [1.165, 1.54) is 44.9 Å². The van der Waals surface area contributed by atoms with Gasteiger partial charge in [0.05, 0.1) is 0 Å². The Morgan fingerprint density at radius 2 is 1.21 bits per heavy atom. The Bertz CT molecular complexity index is 195. The number of rotatable bonds is 13. The number of hydrogen-bond donors (Lipinski definition) is 2. The Balaban J connectivity index is 3.49. The molecule has 3 heteroatoms. The third-order valence-electron chi connectivity index (χ3n) is 4.02. The number of hydrogen-bond acceptors (Lipinski definition) is 2. The lowest BCUT2D eigenvalue weighted by molar-refractivity contribution is -1.26. The van der Waals surface area contributed by atoms with Crippen LogP contribution in [0.4, 0.5) is 0 Å². The average molecular weight is 274 g/mol. The molecular formula is C16H36NO2+. The van der Waals surface area contributed by atoms with Crippen LogP contribution >= 0.6 is 0 Å². The van der Waals surface area contributed by atoms with Crippen LogP contribution in [0.2, 0.25) is 0 Å². The highest BCUT2D eigenvalue weighted by atomic mass is 16.8. The molecule has 3 nitrogen and oxygen atoms in total. The van der Waals surface area contributed by atoms with Crippen LogP contribution in [0.15, 0.2) is 0 Å². The lowest BCUT2D eigenvalue weighted by Crippen LogP contribution is -2.49. The predicted molar refractivity (Wildman–Crippen MR) is 80.3 cm³/mol. The van der Waals surface area contributed by atoms with Crippen LogP contribution in [0.1, 0.15) is 91.4 Å². The number of hydroxylamine groups is 4. The fourth-order valence-electron chi connectivity index (χ4n) is 2.39. The molecule has 2 N–H and O–H groups in total. The van der Waals surface area contributed by atoms with Gasteiger partial charge in [-0.3, -0.25) is 0 Å². The van der Waals surface area contributed by atoms with E-state index >= 15 is 0 Å². The zero-order chi connectivity index (χ0) is 14.6. The first-order valence-corrected chi connectivity index (χ1v) is 8.37. The maximum atomic E-state index is 9.91. The van der Waals surface area contributed by atoms with Crippen molar-refractivity contribution < 1.29 is 15.2 Å². The molecule has 0 aromatic heterocycles. The van der Waals surface area contributed by atoms with Gasteiger partial charge in [-0.05, 0) is 18.2 Å². The van der Waals surface area contributed by atoms with Gasteiger partial charge in [-0.1, -0.05) is 65.2 Å². The van der Waals surface area contributed by atoms with Crippen LogP contribution < -0.4 is 0 Å². The van der Waals surface area contributed by atoms with Gasteiger partial charge >= 0.3 is 0 Å². The maximum Gasteiger partial charge on any atom is 0.149 e. The van der Waals surface area contributed by atoms with Gasteiger partial charge in [0.15, 0.2) is 0 Å². The minimum Gasteiger partial charge on any atom is -0.182 e. The second kappa shape index (κ2) is 11.7. The van der Waals surface area contributed by atoms with E-state index in [1.54, 1.807) is 0 Å². The second-order valence-electron chi connectivity index (χ2n) is 5.98. The molecule has 0 fully saturated rings. The first kappa shape index (κ1) is 18.9. The van der Waals surface area contributed by atoms with Crippen LogP contribution in [-0.4, -0.2) is 27.8 Å². The van der Waals surface area contributed by atoms with Gasteiger partial charge in [0.1, 0.15) is 12.6 Å². The van der Waals surface area contributed by atoms with Gasteiger partial charge in [0, 0.05) is 12.8 Å². The average Bonchev–Trinajstić information content (AvgIpc) is 2.39. The van der Waals surface area contributed by atoms with E-state index in [9.17, 15) is 10.4 Å². The van der Waals surface area contributed by atoms with Crippen molar-refractivity contribution in [1.82, 2.24) is 0 Å². The van der Waals surface area contributed by atoms with Gasteiger partial charge < -0.3 is 0 Å². The van der Waals surface area contributed by atoms with Gasteiger partial charge in [0.25, 0.3) is 0 Å². The first-order valence-electron chi connectivity index (χ1n) is 8.37. The van der Waals surface area contributed by atoms with Crippen LogP contribution in [0.3, 0.4) is 0 Å². The molecule has 1 unspecified atom stereocenters. The number of unbranched alkanes of at least 4 members (excludes halogenated alkanes) is 8. The Labute approximate surface area is 120 Å². The monoisotopic (exact) mass is 274 g/mol. The minimum atomic E-state index is -0.787. The Morgan fingerprint density at radius 3 is 1.74 bits per heavy atom. The van der Waals surface area contributed by atoms with E-state index in [2.05, 4.69) is 13.8 Å². The molecular weight excluding hydrogens is 238 g/mol. The van der Waals surface area contributed by atoms with Crippen molar-refractivity contribution in [3.63, 3.8) is 0 Å². The van der Waals surface area contributed by atoms with Crippen LogP contribution in [0.25, 0.3) is 0 Å². The van der Waals surface area contributed by atoms with Gasteiger partial charge in [-0.15, -0.1) is 0 Å². The van der Waals surface area contributed by atoms with E-state index in [4.69, 9.17) is 0 Å². The lowest BCUT2D eigenvalue weighted by Gasteiger charge is -2.27. The summed E-state index contributed by atoms with van der Waals surface area (Å²) in [4.78, 5) is -0.787. The highest BCUT2D eigenvalue weighted by Crippen LogP contribution is 2.16. The molecule has 116 valence electrons. The first-order chi connectivity index (χ1) is 9.04. The van der Waals surface area contributed by atoms with Crippen molar-refractivity contribution in [3.05, 3.63) is 0 Å². The highest BCUT2D eigenvalue weighted by molar-refractivity contribution is 4.51. The quantitative estimate of drug-likeness (QED) is 0.272. The van der Waals surface area contributed by atoms with E-state index in [-0.39, 0.29) is 6.04 Å². The Kier molecular flexibility index (Phi) is 11.6. The smallest absolute Gasteiger partial charge is 0.149 e. The largest absolute Gasteiger partial charge is 0.182 e. The van der Waals surface area contributed by atoms with Crippen molar-refractivity contribution in [3.8, 4) is 0 Å². The molecule has 0 aromatic rings. The molecule has 0 rings (SSSR count). The predicted octanol–water partition coefficient (Wildman–Crippen LogP) is 5.30. The molecule has 0 aromatic carbocycles. The molecule has 0 aliphatic rings. The van der Waals surface area contributed by atoms with E-state index in [1.807, 2.05) is 6.92 Å². The summed E-state index contributed by atoms with van der Waals surface area (Å²) in [6.45, 7) is 6.71. The zero-order valence-corrected chi connectivity index (χ0v) is 13.4. The van der Waals surface area contributed by atoms with E-state index < -0.39 is 4.81 Å². The fraction of sp³-hybridized carbons (Fsp3) is 1.00. The summed E-state index contributed by atoms with van der Waals surface area (Å²) < 4.78 is 0. The summed E-state index contributed by atoms with van der Waals surface area (Å²) in [5.74, 6) is 0. The number of quaternary nitrogens is 1. The highest BCUT2D eigenvalue weighted by Gasteiger charge is 2.29. The topological polar surface area (TPSA) is 40.5 Å². The van der Waals surface area contributed by atoms with Crippen LogP contribution in [0.5, 0.6) is 0 Å². The Hall–Kier alpha value is -0.120. The summed E-state index contributed by atoms with van der Waals surface area (Å²) in [5.41, 5.74) is 0. The maximum absolute atomic E-state index is 9.91. The number of nitrogens with zero attached hydrogens (tertiary/aromatic N) is 1. The molecule has 1 atom stereocenters.